The Morgan fingerprint density at radius 2 is 2.00 bits per heavy atom. The Morgan fingerprint density at radius 1 is 1.22 bits per heavy atom. The van der Waals surface area contributed by atoms with E-state index >= 15 is 0 Å². The zero-order valence-corrected chi connectivity index (χ0v) is 6.28. The quantitative estimate of drug-likeness (QED) is 0.463. The molecule has 4 saturated carbocycles. The largest absolute Gasteiger partial charge is 0.0591 e. The summed E-state index contributed by atoms with van der Waals surface area (Å²) >= 11 is 0. The summed E-state index contributed by atoms with van der Waals surface area (Å²) < 4.78 is 0. The predicted molar refractivity (Wildman–Crippen MR) is 37.0 cm³/mol. The zero-order valence-electron chi connectivity index (χ0n) is 6.28. The van der Waals surface area contributed by atoms with E-state index in [0.29, 0.717) is 0 Å². The molecule has 3 atom stereocenters. The van der Waals surface area contributed by atoms with E-state index in [1.807, 2.05) is 0 Å². The Hall–Kier alpha value is 0. The molecule has 2 bridgehead atoms. The van der Waals surface area contributed by atoms with Crippen molar-refractivity contribution in [3.05, 3.63) is 0 Å². The summed E-state index contributed by atoms with van der Waals surface area (Å²) in [5.41, 5.74) is 1.67. The molecule has 4 aliphatic rings. The van der Waals surface area contributed by atoms with E-state index in [4.69, 9.17) is 0 Å². The van der Waals surface area contributed by atoms with Crippen molar-refractivity contribution in [2.45, 2.75) is 33.1 Å². The normalized spacial score (nSPS) is 64.7. The fourth-order valence-electron chi connectivity index (χ4n) is 3.84. The van der Waals surface area contributed by atoms with Gasteiger partial charge in [-0.25, -0.2) is 0 Å². The maximum atomic E-state index is 2.47. The molecule has 0 heterocycles. The highest BCUT2D eigenvalue weighted by Crippen LogP contribution is 2.87. The second kappa shape index (κ2) is 0.889. The topological polar surface area (TPSA) is 0 Å². The third kappa shape index (κ3) is 0.222. The van der Waals surface area contributed by atoms with Crippen molar-refractivity contribution < 1.29 is 0 Å². The molecule has 0 aromatic carbocycles. The van der Waals surface area contributed by atoms with Gasteiger partial charge in [0.15, 0.2) is 0 Å². The maximum absolute atomic E-state index is 2.47. The van der Waals surface area contributed by atoms with Gasteiger partial charge in [-0.1, -0.05) is 13.8 Å². The molecule has 4 fully saturated rings. The van der Waals surface area contributed by atoms with Gasteiger partial charge in [0, 0.05) is 0 Å². The first-order valence-electron chi connectivity index (χ1n) is 4.18. The minimum Gasteiger partial charge on any atom is -0.0591 e. The van der Waals surface area contributed by atoms with Crippen LogP contribution in [0.2, 0.25) is 0 Å². The first-order chi connectivity index (χ1) is 4.18. The average molecular weight is 122 g/mol. The lowest BCUT2D eigenvalue weighted by Crippen LogP contribution is -2.79. The smallest absolute Gasteiger partial charge is 0.0209 e. The average Bonchev–Trinajstić information content (AvgIpc) is 1.77. The molecule has 9 heavy (non-hydrogen) atoms. The number of hydrogen-bond acceptors (Lipinski definition) is 0. The zero-order chi connectivity index (χ0) is 6.28. The van der Waals surface area contributed by atoms with Crippen LogP contribution in [-0.2, 0) is 0 Å². The van der Waals surface area contributed by atoms with E-state index in [0.717, 1.165) is 16.7 Å². The fraction of sp³-hybridized carbons (Fsp3) is 1.00. The summed E-state index contributed by atoms with van der Waals surface area (Å²) in [6, 6.07) is 0. The fourth-order valence-corrected chi connectivity index (χ4v) is 3.84. The molecule has 4 rings (SSSR count). The van der Waals surface area contributed by atoms with Crippen LogP contribution in [-0.4, -0.2) is 0 Å². The van der Waals surface area contributed by atoms with Gasteiger partial charge in [0.2, 0.25) is 0 Å². The van der Waals surface area contributed by atoms with Gasteiger partial charge >= 0.3 is 0 Å². The van der Waals surface area contributed by atoms with Crippen LogP contribution in [0, 0.1) is 22.7 Å². The summed E-state index contributed by atoms with van der Waals surface area (Å²) in [7, 11) is 0. The Labute approximate surface area is 56.6 Å². The second-order valence-electron chi connectivity index (χ2n) is 4.83. The summed E-state index contributed by atoms with van der Waals surface area (Å²) in [4.78, 5) is 0. The van der Waals surface area contributed by atoms with Crippen LogP contribution < -0.4 is 0 Å². The van der Waals surface area contributed by atoms with E-state index in [9.17, 15) is 0 Å². The van der Waals surface area contributed by atoms with E-state index < -0.39 is 0 Å². The van der Waals surface area contributed by atoms with E-state index in [1.54, 1.807) is 19.3 Å². The molecule has 0 heteroatoms. The van der Waals surface area contributed by atoms with Crippen LogP contribution in [0.15, 0.2) is 0 Å². The molecular weight excluding hydrogens is 108 g/mol. The summed E-state index contributed by atoms with van der Waals surface area (Å²) in [6.45, 7) is 4.94. The lowest BCUT2D eigenvalue weighted by atomic mass is 9.19. The van der Waals surface area contributed by atoms with Crippen molar-refractivity contribution in [1.82, 2.24) is 0 Å². The predicted octanol–water partition coefficient (Wildman–Crippen LogP) is 2.44. The number of hydrogen-bond donors (Lipinski definition) is 0. The Morgan fingerprint density at radius 3 is 2.00 bits per heavy atom. The van der Waals surface area contributed by atoms with Gasteiger partial charge in [0.1, 0.15) is 0 Å². The van der Waals surface area contributed by atoms with Gasteiger partial charge in [-0.15, -0.1) is 0 Å². The second-order valence-corrected chi connectivity index (χ2v) is 4.83. The molecule has 1 spiro atoms. The van der Waals surface area contributed by atoms with Crippen molar-refractivity contribution >= 4 is 0 Å². The minimum atomic E-state index is 0.774. The maximum Gasteiger partial charge on any atom is -0.0209 e. The molecule has 0 aliphatic heterocycles. The van der Waals surface area contributed by atoms with Gasteiger partial charge in [-0.05, 0) is 41.9 Å². The highest BCUT2D eigenvalue weighted by molar-refractivity contribution is 5.28. The Bertz CT molecular complexity index is 176. The first kappa shape index (κ1) is 4.76. The highest BCUT2D eigenvalue weighted by atomic mass is 14.8. The van der Waals surface area contributed by atoms with Crippen LogP contribution in [0.1, 0.15) is 33.1 Å². The monoisotopic (exact) mass is 122 g/mol. The Balaban J connectivity index is 2.03. The van der Waals surface area contributed by atoms with Crippen LogP contribution in [0.5, 0.6) is 0 Å². The molecular formula is C9H14. The van der Waals surface area contributed by atoms with Gasteiger partial charge in [0.25, 0.3) is 0 Å². The molecule has 0 saturated heterocycles. The molecule has 0 aromatic rings. The summed E-state index contributed by atoms with van der Waals surface area (Å²) in [5.74, 6) is 2.35. The van der Waals surface area contributed by atoms with Crippen molar-refractivity contribution in [2.75, 3.05) is 0 Å². The van der Waals surface area contributed by atoms with E-state index in [2.05, 4.69) is 13.8 Å². The molecule has 50 valence electrons. The van der Waals surface area contributed by atoms with Crippen molar-refractivity contribution in [1.29, 1.82) is 0 Å². The van der Waals surface area contributed by atoms with E-state index in [1.165, 1.54) is 5.92 Å². The molecule has 3 unspecified atom stereocenters. The lowest BCUT2D eigenvalue weighted by molar-refractivity contribution is -0.374. The summed E-state index contributed by atoms with van der Waals surface area (Å²) in [5, 5.41) is 0. The molecule has 0 aromatic heterocycles. The third-order valence-electron chi connectivity index (χ3n) is 4.89. The minimum absolute atomic E-state index is 0.774. The molecule has 0 radical (unpaired) electrons. The van der Waals surface area contributed by atoms with Crippen molar-refractivity contribution in [3.8, 4) is 0 Å². The van der Waals surface area contributed by atoms with E-state index in [-0.39, 0.29) is 0 Å². The molecule has 0 nitrogen and oxygen atoms in total. The van der Waals surface area contributed by atoms with Crippen molar-refractivity contribution in [3.63, 3.8) is 0 Å². The van der Waals surface area contributed by atoms with Crippen LogP contribution >= 0.6 is 0 Å². The van der Waals surface area contributed by atoms with Gasteiger partial charge < -0.3 is 0 Å². The first-order valence-corrected chi connectivity index (χ1v) is 4.18. The van der Waals surface area contributed by atoms with Crippen molar-refractivity contribution in [2.24, 2.45) is 22.7 Å². The molecule has 0 amide bonds. The molecule has 0 N–H and O–H groups in total. The van der Waals surface area contributed by atoms with Gasteiger partial charge in [0.05, 0.1) is 0 Å². The third-order valence-corrected chi connectivity index (χ3v) is 4.89. The van der Waals surface area contributed by atoms with Crippen LogP contribution in [0.3, 0.4) is 0 Å². The lowest BCUT2D eigenvalue weighted by Gasteiger charge is -2.86. The van der Waals surface area contributed by atoms with Gasteiger partial charge in [-0.2, -0.15) is 0 Å². The highest BCUT2D eigenvalue weighted by Gasteiger charge is 2.80. The SMILES string of the molecule is CC1(C)C2CC13CCC23. The standard InChI is InChI=1S/C9H14/c1-8(2)7-5-9(8)4-3-6(7)9/h6-7H,3-5H2,1-2H3. The van der Waals surface area contributed by atoms with Crippen LogP contribution in [0.25, 0.3) is 0 Å². The number of rotatable bonds is 0. The summed E-state index contributed by atoms with van der Waals surface area (Å²) in [6.07, 6.45) is 4.71. The van der Waals surface area contributed by atoms with Gasteiger partial charge in [-0.3, -0.25) is 0 Å². The molecule has 4 aliphatic carbocycles. The van der Waals surface area contributed by atoms with Crippen LogP contribution in [0.4, 0.5) is 0 Å². The Kier molecular flexibility index (Phi) is 0.470.